The van der Waals surface area contributed by atoms with Crippen molar-refractivity contribution >= 4 is 5.96 Å². The van der Waals surface area contributed by atoms with Crippen LogP contribution in [0.1, 0.15) is 43.7 Å². The Labute approximate surface area is 185 Å². The van der Waals surface area contributed by atoms with Gasteiger partial charge in [0.2, 0.25) is 0 Å². The number of hydrogen-bond donors (Lipinski definition) is 2. The topological polar surface area (TPSA) is 84.2 Å². The molecule has 1 saturated heterocycles. The zero-order chi connectivity index (χ0) is 21.9. The fourth-order valence-electron chi connectivity index (χ4n) is 3.25. The number of rotatable bonds is 10. The highest BCUT2D eigenvalue weighted by Gasteiger charge is 2.11. The zero-order valence-corrected chi connectivity index (χ0v) is 18.9. The van der Waals surface area contributed by atoms with Gasteiger partial charge in [0.05, 0.1) is 32.0 Å². The summed E-state index contributed by atoms with van der Waals surface area (Å²) in [5.74, 6) is 2.75. The maximum absolute atomic E-state index is 6.07. The van der Waals surface area contributed by atoms with Crippen LogP contribution in [-0.2, 0) is 17.8 Å². The van der Waals surface area contributed by atoms with Crippen LogP contribution in [0, 0.1) is 0 Å². The molecule has 0 radical (unpaired) electrons. The second kappa shape index (κ2) is 12.3. The Bertz CT molecular complexity index is 815. The van der Waals surface area contributed by atoms with Gasteiger partial charge in [-0.3, -0.25) is 4.90 Å². The van der Waals surface area contributed by atoms with Crippen LogP contribution in [0.15, 0.2) is 39.8 Å². The minimum Gasteiger partial charge on any atom is -0.492 e. The zero-order valence-electron chi connectivity index (χ0n) is 18.9. The normalized spacial score (nSPS) is 15.3. The fourth-order valence-corrected chi connectivity index (χ4v) is 3.25. The second-order valence-electron chi connectivity index (χ2n) is 7.83. The number of aliphatic imine (C=N–C) groups is 1. The van der Waals surface area contributed by atoms with Crippen molar-refractivity contribution in [1.29, 1.82) is 0 Å². The number of nitrogens with one attached hydrogen (secondary N) is 2. The first kappa shape index (κ1) is 23.1. The second-order valence-corrected chi connectivity index (χ2v) is 7.83. The van der Waals surface area contributed by atoms with E-state index in [0.717, 1.165) is 68.1 Å². The maximum atomic E-state index is 6.07. The van der Waals surface area contributed by atoms with E-state index in [4.69, 9.17) is 19.0 Å². The Morgan fingerprint density at radius 1 is 1.23 bits per heavy atom. The van der Waals surface area contributed by atoms with E-state index in [1.54, 1.807) is 0 Å². The molecule has 0 aliphatic carbocycles. The number of nitrogens with zero attached hydrogens (tertiary/aromatic N) is 3. The molecule has 0 atom stereocenters. The van der Waals surface area contributed by atoms with Gasteiger partial charge in [-0.2, -0.15) is 0 Å². The van der Waals surface area contributed by atoms with E-state index >= 15 is 0 Å². The number of aromatic nitrogens is 1. The van der Waals surface area contributed by atoms with Gasteiger partial charge in [-0.15, -0.1) is 0 Å². The quantitative estimate of drug-likeness (QED) is 0.444. The molecular formula is C23H35N5O3. The summed E-state index contributed by atoms with van der Waals surface area (Å²) in [5, 5.41) is 10.7. The number of morpholine rings is 1. The van der Waals surface area contributed by atoms with E-state index < -0.39 is 0 Å². The molecule has 8 heteroatoms. The first-order valence-electron chi connectivity index (χ1n) is 11.1. The molecule has 0 saturated carbocycles. The summed E-state index contributed by atoms with van der Waals surface area (Å²) in [6.45, 7) is 13.2. The Balaban J connectivity index is 1.54. The Morgan fingerprint density at radius 2 is 2.03 bits per heavy atom. The largest absolute Gasteiger partial charge is 0.492 e. The number of guanidine groups is 1. The Morgan fingerprint density at radius 3 is 2.77 bits per heavy atom. The molecule has 2 heterocycles. The molecule has 31 heavy (non-hydrogen) atoms. The molecule has 1 aromatic heterocycles. The van der Waals surface area contributed by atoms with Crippen LogP contribution in [0.4, 0.5) is 0 Å². The standard InChI is InChI=1S/C23H35N5O3/c1-4-24-23(26-17-20-15-21(18(2)3)27-31-20)25-16-19-7-5-6-8-22(19)30-14-11-28-9-12-29-13-10-28/h5-8,15,18H,4,9-14,16-17H2,1-3H3,(H2,24,25,26). The van der Waals surface area contributed by atoms with Crippen LogP contribution in [0.25, 0.3) is 0 Å². The van der Waals surface area contributed by atoms with Crippen molar-refractivity contribution in [3.05, 3.63) is 47.3 Å². The van der Waals surface area contributed by atoms with Crippen molar-refractivity contribution in [2.24, 2.45) is 4.99 Å². The average Bonchev–Trinajstić information content (AvgIpc) is 3.27. The predicted molar refractivity (Wildman–Crippen MR) is 121 cm³/mol. The van der Waals surface area contributed by atoms with Gasteiger partial charge in [-0.25, -0.2) is 4.99 Å². The van der Waals surface area contributed by atoms with E-state index in [0.29, 0.717) is 25.6 Å². The summed E-state index contributed by atoms with van der Waals surface area (Å²) in [7, 11) is 0. The molecule has 1 aliphatic rings. The van der Waals surface area contributed by atoms with E-state index in [1.807, 2.05) is 31.2 Å². The third kappa shape index (κ3) is 7.56. The van der Waals surface area contributed by atoms with Gasteiger partial charge in [0, 0.05) is 37.8 Å². The minimum atomic E-state index is 0.346. The molecule has 0 amide bonds. The summed E-state index contributed by atoms with van der Waals surface area (Å²) < 4.78 is 16.9. The van der Waals surface area contributed by atoms with Crippen molar-refractivity contribution < 1.29 is 14.0 Å². The molecule has 0 bridgehead atoms. The third-order valence-electron chi connectivity index (χ3n) is 5.09. The Kier molecular flexibility index (Phi) is 9.17. The van der Waals surface area contributed by atoms with Crippen molar-refractivity contribution in [2.75, 3.05) is 46.0 Å². The van der Waals surface area contributed by atoms with E-state index in [-0.39, 0.29) is 0 Å². The van der Waals surface area contributed by atoms with Gasteiger partial charge >= 0.3 is 0 Å². The molecular weight excluding hydrogens is 394 g/mol. The summed E-state index contributed by atoms with van der Waals surface area (Å²) in [4.78, 5) is 7.09. The molecule has 1 fully saturated rings. The summed E-state index contributed by atoms with van der Waals surface area (Å²) in [6, 6.07) is 10.1. The lowest BCUT2D eigenvalue weighted by atomic mass is 10.1. The van der Waals surface area contributed by atoms with Crippen molar-refractivity contribution in [2.45, 2.75) is 39.8 Å². The van der Waals surface area contributed by atoms with Crippen LogP contribution < -0.4 is 15.4 Å². The lowest BCUT2D eigenvalue weighted by Crippen LogP contribution is -2.38. The number of benzene rings is 1. The van der Waals surface area contributed by atoms with E-state index in [9.17, 15) is 0 Å². The first-order valence-corrected chi connectivity index (χ1v) is 11.1. The van der Waals surface area contributed by atoms with Crippen LogP contribution in [-0.4, -0.2) is 62.0 Å². The fraction of sp³-hybridized carbons (Fsp3) is 0.565. The van der Waals surface area contributed by atoms with Gasteiger partial charge in [0.15, 0.2) is 11.7 Å². The molecule has 2 aromatic rings. The number of para-hydroxylation sites is 1. The monoisotopic (exact) mass is 429 g/mol. The molecule has 8 nitrogen and oxygen atoms in total. The van der Waals surface area contributed by atoms with Crippen LogP contribution >= 0.6 is 0 Å². The lowest BCUT2D eigenvalue weighted by molar-refractivity contribution is 0.0322. The highest BCUT2D eigenvalue weighted by Crippen LogP contribution is 2.19. The maximum Gasteiger partial charge on any atom is 0.191 e. The SMILES string of the molecule is CCNC(=NCc1ccccc1OCCN1CCOCC1)NCc1cc(C(C)C)no1. The average molecular weight is 430 g/mol. The highest BCUT2D eigenvalue weighted by atomic mass is 16.5. The van der Waals surface area contributed by atoms with Crippen LogP contribution in [0.3, 0.4) is 0 Å². The van der Waals surface area contributed by atoms with Gasteiger partial charge in [-0.05, 0) is 18.9 Å². The van der Waals surface area contributed by atoms with E-state index in [1.165, 1.54) is 0 Å². The molecule has 0 unspecified atom stereocenters. The number of ether oxygens (including phenoxy) is 2. The van der Waals surface area contributed by atoms with Crippen molar-refractivity contribution in [1.82, 2.24) is 20.7 Å². The van der Waals surface area contributed by atoms with Gasteiger partial charge in [0.1, 0.15) is 12.4 Å². The third-order valence-corrected chi connectivity index (χ3v) is 5.09. The summed E-state index contributed by atoms with van der Waals surface area (Å²) in [6.07, 6.45) is 0. The molecule has 3 rings (SSSR count). The molecule has 0 spiro atoms. The lowest BCUT2D eigenvalue weighted by Gasteiger charge is -2.26. The molecule has 2 N–H and O–H groups in total. The van der Waals surface area contributed by atoms with Crippen molar-refractivity contribution in [3.63, 3.8) is 0 Å². The molecule has 1 aromatic carbocycles. The molecule has 1 aliphatic heterocycles. The van der Waals surface area contributed by atoms with Gasteiger partial charge < -0.3 is 24.6 Å². The van der Waals surface area contributed by atoms with Crippen LogP contribution in [0.2, 0.25) is 0 Å². The summed E-state index contributed by atoms with van der Waals surface area (Å²) >= 11 is 0. The van der Waals surface area contributed by atoms with Gasteiger partial charge in [-0.1, -0.05) is 37.2 Å². The summed E-state index contributed by atoms with van der Waals surface area (Å²) in [5.41, 5.74) is 2.02. The van der Waals surface area contributed by atoms with Crippen LogP contribution in [0.5, 0.6) is 5.75 Å². The van der Waals surface area contributed by atoms with Gasteiger partial charge in [0.25, 0.3) is 0 Å². The smallest absolute Gasteiger partial charge is 0.191 e. The number of hydrogen-bond acceptors (Lipinski definition) is 6. The predicted octanol–water partition coefficient (Wildman–Crippen LogP) is 2.76. The highest BCUT2D eigenvalue weighted by molar-refractivity contribution is 5.79. The van der Waals surface area contributed by atoms with E-state index in [2.05, 4.69) is 40.6 Å². The minimum absolute atomic E-state index is 0.346. The molecule has 170 valence electrons. The van der Waals surface area contributed by atoms with Crippen molar-refractivity contribution in [3.8, 4) is 5.75 Å². The Hall–Kier alpha value is -2.58. The first-order chi connectivity index (χ1) is 15.2.